The fourth-order valence-electron chi connectivity index (χ4n) is 4.36. The number of fused-ring (bicyclic) bond motifs is 1. The predicted molar refractivity (Wildman–Crippen MR) is 107 cm³/mol. The van der Waals surface area contributed by atoms with E-state index in [2.05, 4.69) is 0 Å². The molecule has 0 spiro atoms. The summed E-state index contributed by atoms with van der Waals surface area (Å²) in [5, 5.41) is 29.3. The van der Waals surface area contributed by atoms with Gasteiger partial charge in [-0.25, -0.2) is 0 Å². The number of carbonyl (C=O) groups is 1. The molecule has 0 radical (unpaired) electrons. The molecule has 5 nitrogen and oxygen atoms in total. The summed E-state index contributed by atoms with van der Waals surface area (Å²) in [6.45, 7) is 1.95. The molecule has 1 heterocycles. The Morgan fingerprint density at radius 2 is 2.17 bits per heavy atom. The van der Waals surface area contributed by atoms with Crippen molar-refractivity contribution in [3.8, 4) is 0 Å². The molecule has 7 heteroatoms. The first-order chi connectivity index (χ1) is 14.2. The Labute approximate surface area is 174 Å². The van der Waals surface area contributed by atoms with Gasteiger partial charge in [0.15, 0.2) is 5.76 Å². The van der Waals surface area contributed by atoms with Gasteiger partial charge in [0.25, 0.3) is 0 Å². The largest absolute Gasteiger partial charge is 0.488 e. The zero-order valence-electron chi connectivity index (χ0n) is 16.9. The predicted octanol–water partition coefficient (Wildman–Crippen LogP) is 3.62. The number of hydrogen-bond acceptors (Lipinski definition) is 4. The lowest BCUT2D eigenvalue weighted by Crippen LogP contribution is -2.33. The number of hydrogen-bond donors (Lipinski definition) is 3. The van der Waals surface area contributed by atoms with Crippen LogP contribution >= 0.6 is 0 Å². The molecule has 1 aromatic carbocycles. The van der Waals surface area contributed by atoms with Crippen molar-refractivity contribution in [2.75, 3.05) is 0 Å². The first-order valence-corrected chi connectivity index (χ1v) is 10.3. The zero-order valence-corrected chi connectivity index (χ0v) is 16.9. The first kappa shape index (κ1) is 22.4. The van der Waals surface area contributed by atoms with Crippen molar-refractivity contribution in [1.82, 2.24) is 0 Å². The second-order valence-electron chi connectivity index (χ2n) is 8.19. The Kier molecular flexibility index (Phi) is 6.93. The highest BCUT2D eigenvalue weighted by atomic mass is 19.3. The summed E-state index contributed by atoms with van der Waals surface area (Å²) < 4.78 is 35.4. The summed E-state index contributed by atoms with van der Waals surface area (Å²) in [6.07, 6.45) is 2.41. The summed E-state index contributed by atoms with van der Waals surface area (Å²) in [5.41, 5.74) is 2.02. The maximum absolute atomic E-state index is 15.0. The molecule has 2 aliphatic rings. The summed E-state index contributed by atoms with van der Waals surface area (Å²) in [7, 11) is 0. The van der Waals surface area contributed by atoms with Crippen molar-refractivity contribution in [1.29, 1.82) is 0 Å². The number of unbranched alkanes of at least 4 members (excludes halogenated alkanes) is 1. The van der Waals surface area contributed by atoms with Crippen molar-refractivity contribution in [2.45, 2.75) is 63.3 Å². The Bertz CT molecular complexity index is 820. The number of aryl methyl sites for hydroxylation is 1. The van der Waals surface area contributed by atoms with E-state index in [-0.39, 0.29) is 25.7 Å². The molecule has 2 fully saturated rings. The fourth-order valence-corrected chi connectivity index (χ4v) is 4.36. The van der Waals surface area contributed by atoms with Gasteiger partial charge in [-0.2, -0.15) is 8.78 Å². The van der Waals surface area contributed by atoms with Crippen LogP contribution in [0.1, 0.15) is 36.8 Å². The van der Waals surface area contributed by atoms with E-state index in [1.54, 1.807) is 0 Å². The van der Waals surface area contributed by atoms with Crippen molar-refractivity contribution >= 4 is 5.97 Å². The number of benzene rings is 1. The van der Waals surface area contributed by atoms with Crippen LogP contribution < -0.4 is 0 Å². The number of aliphatic carboxylic acids is 1. The third-order valence-electron chi connectivity index (χ3n) is 5.77. The van der Waals surface area contributed by atoms with Crippen LogP contribution in [0.25, 0.3) is 0 Å². The van der Waals surface area contributed by atoms with Crippen LogP contribution in [0.3, 0.4) is 0 Å². The van der Waals surface area contributed by atoms with E-state index in [0.29, 0.717) is 6.42 Å². The van der Waals surface area contributed by atoms with Crippen LogP contribution in [0, 0.1) is 18.8 Å². The molecular weight excluding hydrogens is 394 g/mol. The Morgan fingerprint density at radius 3 is 2.87 bits per heavy atom. The number of aliphatic hydroxyl groups is 2. The highest BCUT2D eigenvalue weighted by molar-refractivity contribution is 5.66. The molecule has 0 amide bonds. The van der Waals surface area contributed by atoms with Crippen LogP contribution in [0.2, 0.25) is 0 Å². The zero-order chi connectivity index (χ0) is 21.9. The lowest BCUT2D eigenvalue weighted by molar-refractivity contribution is -0.137. The van der Waals surface area contributed by atoms with Gasteiger partial charge < -0.3 is 20.1 Å². The highest BCUT2D eigenvalue weighted by Gasteiger charge is 2.63. The van der Waals surface area contributed by atoms with Gasteiger partial charge in [0.2, 0.25) is 0 Å². The minimum Gasteiger partial charge on any atom is -0.488 e. The standard InChI is InChI=1S/C23H28F2O5/c1-14-5-4-6-15(11-14)12-16(26)9-10-17-18(27)13-19-22(17)23(24,25)20(30-19)7-2-3-8-21(28)29/h4-7,9-11,16-19,22,26-27H,2-3,8,12-13H2,1H3,(H,28,29)/b10-9?,20-7+/t16-,17-,18+,19-,22+/m0/s1. The molecule has 30 heavy (non-hydrogen) atoms. The second-order valence-corrected chi connectivity index (χ2v) is 8.19. The molecule has 1 aliphatic heterocycles. The van der Waals surface area contributed by atoms with Crippen LogP contribution in [0.4, 0.5) is 8.78 Å². The molecule has 1 saturated carbocycles. The average Bonchev–Trinajstić information content (AvgIpc) is 3.09. The molecule has 5 atom stereocenters. The molecule has 164 valence electrons. The van der Waals surface area contributed by atoms with Gasteiger partial charge >= 0.3 is 11.9 Å². The normalized spacial score (nSPS) is 29.8. The van der Waals surface area contributed by atoms with Gasteiger partial charge in [0.05, 0.1) is 18.1 Å². The summed E-state index contributed by atoms with van der Waals surface area (Å²) in [6, 6.07) is 7.70. The maximum atomic E-state index is 15.0. The van der Waals surface area contributed by atoms with Crippen molar-refractivity contribution in [3.05, 3.63) is 59.4 Å². The third kappa shape index (κ3) is 5.08. The van der Waals surface area contributed by atoms with E-state index in [1.807, 2.05) is 31.2 Å². The number of carboxylic acids is 1. The second kappa shape index (κ2) is 9.27. The fraction of sp³-hybridized carbons (Fsp3) is 0.522. The number of halogens is 2. The third-order valence-corrected chi connectivity index (χ3v) is 5.77. The smallest absolute Gasteiger partial charge is 0.310 e. The van der Waals surface area contributed by atoms with E-state index >= 15 is 0 Å². The molecule has 3 N–H and O–H groups in total. The maximum Gasteiger partial charge on any atom is 0.310 e. The molecule has 1 aromatic rings. The van der Waals surface area contributed by atoms with Crippen LogP contribution in [0.5, 0.6) is 0 Å². The SMILES string of the molecule is Cc1cccc(C[C@@H](O)C=C[C@@H]2[C@@H]3[C@H](C[C@H]2O)O/C(=C/CCCC(=O)O)C3(F)F)c1. The van der Waals surface area contributed by atoms with E-state index in [0.717, 1.165) is 11.1 Å². The van der Waals surface area contributed by atoms with E-state index < -0.39 is 47.8 Å². The van der Waals surface area contributed by atoms with E-state index in [4.69, 9.17) is 9.84 Å². The highest BCUT2D eigenvalue weighted by Crippen LogP contribution is 2.54. The molecule has 0 aromatic heterocycles. The molecular formula is C23H28F2O5. The Morgan fingerprint density at radius 1 is 1.40 bits per heavy atom. The van der Waals surface area contributed by atoms with Gasteiger partial charge in [-0.3, -0.25) is 4.79 Å². The molecule has 1 saturated heterocycles. The van der Waals surface area contributed by atoms with Gasteiger partial charge in [-0.15, -0.1) is 0 Å². The van der Waals surface area contributed by atoms with Crippen LogP contribution in [0.15, 0.2) is 48.3 Å². The Hall–Kier alpha value is -2.25. The van der Waals surface area contributed by atoms with Crippen molar-refractivity contribution < 1.29 is 33.6 Å². The summed E-state index contributed by atoms with van der Waals surface area (Å²) in [5.74, 6) is -6.69. The monoisotopic (exact) mass is 422 g/mol. The summed E-state index contributed by atoms with van der Waals surface area (Å²) >= 11 is 0. The minimum absolute atomic E-state index is 0.0922. The van der Waals surface area contributed by atoms with Crippen molar-refractivity contribution in [2.24, 2.45) is 11.8 Å². The lowest BCUT2D eigenvalue weighted by atomic mass is 9.87. The number of alkyl halides is 2. The molecule has 1 aliphatic carbocycles. The first-order valence-electron chi connectivity index (χ1n) is 10.3. The Balaban J connectivity index is 1.66. The summed E-state index contributed by atoms with van der Waals surface area (Å²) in [4.78, 5) is 10.6. The topological polar surface area (TPSA) is 87.0 Å². The van der Waals surface area contributed by atoms with Crippen LogP contribution in [-0.4, -0.2) is 45.5 Å². The number of rotatable bonds is 8. The van der Waals surface area contributed by atoms with Gasteiger partial charge in [-0.05, 0) is 31.4 Å². The van der Waals surface area contributed by atoms with Crippen molar-refractivity contribution in [3.63, 3.8) is 0 Å². The molecule has 0 unspecified atom stereocenters. The molecule has 0 bridgehead atoms. The van der Waals surface area contributed by atoms with Gasteiger partial charge in [0, 0.05) is 25.2 Å². The minimum atomic E-state index is -3.25. The van der Waals surface area contributed by atoms with E-state index in [9.17, 15) is 23.8 Å². The average molecular weight is 422 g/mol. The number of ether oxygens (including phenoxy) is 1. The quantitative estimate of drug-likeness (QED) is 0.440. The number of carboxylic acid groups (broad SMARTS) is 1. The van der Waals surface area contributed by atoms with Gasteiger partial charge in [-0.1, -0.05) is 42.0 Å². The number of aliphatic hydroxyl groups excluding tert-OH is 2. The van der Waals surface area contributed by atoms with Crippen LogP contribution in [-0.2, 0) is 16.0 Å². The lowest BCUT2D eigenvalue weighted by Gasteiger charge is -2.22. The number of allylic oxidation sites excluding steroid dienone is 2. The molecule has 3 rings (SSSR count). The van der Waals surface area contributed by atoms with E-state index in [1.165, 1.54) is 18.2 Å². The van der Waals surface area contributed by atoms with Gasteiger partial charge in [0.1, 0.15) is 6.10 Å².